The summed E-state index contributed by atoms with van der Waals surface area (Å²) >= 11 is 0. The molecule has 20 heavy (non-hydrogen) atoms. The zero-order valence-electron chi connectivity index (χ0n) is 13.0. The molecule has 1 aromatic carbocycles. The molecule has 3 heteroatoms. The zero-order valence-corrected chi connectivity index (χ0v) is 13.0. The first-order valence-electron chi connectivity index (χ1n) is 7.40. The number of alkyl halides is 1. The minimum atomic E-state index is -1.32. The van der Waals surface area contributed by atoms with Crippen LogP contribution in [0.3, 0.4) is 0 Å². The highest BCUT2D eigenvalue weighted by molar-refractivity contribution is 5.30. The number of nitrogens with one attached hydrogen (secondary N) is 1. The van der Waals surface area contributed by atoms with E-state index in [1.54, 1.807) is 6.92 Å². The molecule has 2 unspecified atom stereocenters. The molecule has 0 saturated carbocycles. The van der Waals surface area contributed by atoms with Crippen molar-refractivity contribution in [1.82, 2.24) is 5.32 Å². The Balaban J connectivity index is 2.08. The average Bonchev–Trinajstić information content (AvgIpc) is 2.38. The molecule has 1 heterocycles. The first-order chi connectivity index (χ1) is 9.29. The Morgan fingerprint density at radius 3 is 2.25 bits per heavy atom. The van der Waals surface area contributed by atoms with E-state index in [1.165, 1.54) is 5.56 Å². The van der Waals surface area contributed by atoms with Gasteiger partial charge < -0.3 is 10.1 Å². The Hall–Kier alpha value is -0.930. The van der Waals surface area contributed by atoms with Crippen molar-refractivity contribution in [3.8, 4) is 0 Å². The molecule has 1 saturated heterocycles. The van der Waals surface area contributed by atoms with Crippen LogP contribution in [-0.4, -0.2) is 25.8 Å². The molecule has 1 aliphatic rings. The van der Waals surface area contributed by atoms with E-state index in [4.69, 9.17) is 4.74 Å². The molecule has 0 amide bonds. The van der Waals surface area contributed by atoms with E-state index < -0.39 is 5.67 Å². The monoisotopic (exact) mass is 279 g/mol. The SMILES string of the molecule is CC(C)(C)c1ccc(C(C)(F)CC2COCCN2)cc1. The lowest BCUT2D eigenvalue weighted by molar-refractivity contribution is 0.0474. The normalized spacial score (nSPS) is 23.4. The maximum Gasteiger partial charge on any atom is 0.134 e. The quantitative estimate of drug-likeness (QED) is 0.913. The van der Waals surface area contributed by atoms with Gasteiger partial charge in [-0.1, -0.05) is 45.0 Å². The highest BCUT2D eigenvalue weighted by atomic mass is 19.1. The molecule has 1 aromatic rings. The molecule has 0 radical (unpaired) electrons. The van der Waals surface area contributed by atoms with E-state index in [0.717, 1.165) is 18.7 Å². The molecule has 2 atom stereocenters. The molecule has 2 nitrogen and oxygen atoms in total. The van der Waals surface area contributed by atoms with E-state index >= 15 is 0 Å². The Labute approximate surface area is 121 Å². The first-order valence-corrected chi connectivity index (χ1v) is 7.40. The largest absolute Gasteiger partial charge is 0.379 e. The van der Waals surface area contributed by atoms with Crippen LogP contribution in [-0.2, 0) is 15.8 Å². The Kier molecular flexibility index (Phi) is 4.50. The summed E-state index contributed by atoms with van der Waals surface area (Å²) in [7, 11) is 0. The summed E-state index contributed by atoms with van der Waals surface area (Å²) in [6.45, 7) is 10.3. The zero-order chi connectivity index (χ0) is 14.8. The fourth-order valence-corrected chi connectivity index (χ4v) is 2.65. The summed E-state index contributed by atoms with van der Waals surface area (Å²) < 4.78 is 20.3. The van der Waals surface area contributed by atoms with Crippen molar-refractivity contribution < 1.29 is 9.13 Å². The molecular weight excluding hydrogens is 253 g/mol. The van der Waals surface area contributed by atoms with Crippen molar-refractivity contribution in [2.75, 3.05) is 19.8 Å². The van der Waals surface area contributed by atoms with Crippen molar-refractivity contribution in [3.05, 3.63) is 35.4 Å². The molecule has 1 aliphatic heterocycles. The third-order valence-electron chi connectivity index (χ3n) is 3.98. The highest BCUT2D eigenvalue weighted by Crippen LogP contribution is 2.32. The number of hydrogen-bond acceptors (Lipinski definition) is 2. The van der Waals surface area contributed by atoms with Gasteiger partial charge >= 0.3 is 0 Å². The number of benzene rings is 1. The van der Waals surface area contributed by atoms with E-state index in [0.29, 0.717) is 13.0 Å². The summed E-state index contributed by atoms with van der Waals surface area (Å²) in [4.78, 5) is 0. The second kappa shape index (κ2) is 5.82. The van der Waals surface area contributed by atoms with Crippen molar-refractivity contribution in [3.63, 3.8) is 0 Å². The topological polar surface area (TPSA) is 21.3 Å². The van der Waals surface area contributed by atoms with Gasteiger partial charge in [-0.15, -0.1) is 0 Å². The van der Waals surface area contributed by atoms with Gasteiger partial charge in [-0.05, 0) is 23.5 Å². The molecule has 0 bridgehead atoms. The molecule has 2 rings (SSSR count). The van der Waals surface area contributed by atoms with Crippen molar-refractivity contribution >= 4 is 0 Å². The Morgan fingerprint density at radius 1 is 1.15 bits per heavy atom. The van der Waals surface area contributed by atoms with Crippen LogP contribution in [0.2, 0.25) is 0 Å². The summed E-state index contributed by atoms with van der Waals surface area (Å²) in [5.41, 5.74) is 0.757. The Bertz CT molecular complexity index is 427. The van der Waals surface area contributed by atoms with Crippen LogP contribution < -0.4 is 5.32 Å². The minimum Gasteiger partial charge on any atom is -0.379 e. The van der Waals surface area contributed by atoms with Gasteiger partial charge in [0.25, 0.3) is 0 Å². The number of morpholine rings is 1. The molecule has 0 aromatic heterocycles. The van der Waals surface area contributed by atoms with E-state index in [1.807, 2.05) is 24.3 Å². The van der Waals surface area contributed by atoms with Crippen LogP contribution in [0.5, 0.6) is 0 Å². The predicted octanol–water partition coefficient (Wildman–Crippen LogP) is 3.55. The summed E-state index contributed by atoms with van der Waals surface area (Å²) in [5, 5.41) is 3.32. The second-order valence-electron chi connectivity index (χ2n) is 6.95. The first kappa shape index (κ1) is 15.5. The molecule has 112 valence electrons. The van der Waals surface area contributed by atoms with Gasteiger partial charge in [0.2, 0.25) is 0 Å². The second-order valence-corrected chi connectivity index (χ2v) is 6.95. The third-order valence-corrected chi connectivity index (χ3v) is 3.98. The number of halogens is 1. The van der Waals surface area contributed by atoms with Gasteiger partial charge in [0, 0.05) is 19.0 Å². The van der Waals surface area contributed by atoms with Crippen molar-refractivity contribution in [1.29, 1.82) is 0 Å². The highest BCUT2D eigenvalue weighted by Gasteiger charge is 2.31. The van der Waals surface area contributed by atoms with Crippen LogP contribution in [0.4, 0.5) is 4.39 Å². The molecule has 0 aliphatic carbocycles. The van der Waals surface area contributed by atoms with Crippen LogP contribution >= 0.6 is 0 Å². The summed E-state index contributed by atoms with van der Waals surface area (Å²) in [6.07, 6.45) is 0.446. The fourth-order valence-electron chi connectivity index (χ4n) is 2.65. The van der Waals surface area contributed by atoms with Gasteiger partial charge in [0.15, 0.2) is 0 Å². The number of ether oxygens (including phenoxy) is 1. The molecule has 0 spiro atoms. The molecule has 1 fully saturated rings. The average molecular weight is 279 g/mol. The van der Waals surface area contributed by atoms with Crippen LogP contribution in [0, 0.1) is 0 Å². The van der Waals surface area contributed by atoms with E-state index in [9.17, 15) is 4.39 Å². The maximum atomic E-state index is 14.9. The van der Waals surface area contributed by atoms with Gasteiger partial charge in [-0.2, -0.15) is 0 Å². The molecule has 1 N–H and O–H groups in total. The van der Waals surface area contributed by atoms with Gasteiger partial charge in [-0.3, -0.25) is 0 Å². The van der Waals surface area contributed by atoms with Crippen LogP contribution in [0.15, 0.2) is 24.3 Å². The predicted molar refractivity (Wildman–Crippen MR) is 80.8 cm³/mol. The maximum absolute atomic E-state index is 14.9. The van der Waals surface area contributed by atoms with E-state index in [-0.39, 0.29) is 11.5 Å². The van der Waals surface area contributed by atoms with Crippen molar-refractivity contribution in [2.24, 2.45) is 0 Å². The smallest absolute Gasteiger partial charge is 0.134 e. The lowest BCUT2D eigenvalue weighted by Crippen LogP contribution is -2.44. The van der Waals surface area contributed by atoms with Crippen molar-refractivity contribution in [2.45, 2.75) is 51.2 Å². The third kappa shape index (κ3) is 3.80. The lowest BCUT2D eigenvalue weighted by atomic mass is 9.84. The van der Waals surface area contributed by atoms with E-state index in [2.05, 4.69) is 26.1 Å². The molecular formula is C17H26FNO. The Morgan fingerprint density at radius 2 is 1.75 bits per heavy atom. The summed E-state index contributed by atoms with van der Waals surface area (Å²) in [6, 6.07) is 8.02. The number of hydrogen-bond donors (Lipinski definition) is 1. The van der Waals surface area contributed by atoms with Gasteiger partial charge in [0.05, 0.1) is 13.2 Å². The van der Waals surface area contributed by atoms with Crippen LogP contribution in [0.1, 0.15) is 45.2 Å². The minimum absolute atomic E-state index is 0.0982. The van der Waals surface area contributed by atoms with Gasteiger partial charge in [-0.25, -0.2) is 4.39 Å². The standard InChI is InChI=1S/C17H26FNO/c1-16(2,3)13-5-7-14(8-6-13)17(4,18)11-15-12-20-10-9-19-15/h5-8,15,19H,9-12H2,1-4H3. The summed E-state index contributed by atoms with van der Waals surface area (Å²) in [5.74, 6) is 0. The number of rotatable bonds is 3. The van der Waals surface area contributed by atoms with Crippen LogP contribution in [0.25, 0.3) is 0 Å². The fraction of sp³-hybridized carbons (Fsp3) is 0.647. The van der Waals surface area contributed by atoms with Gasteiger partial charge in [0.1, 0.15) is 5.67 Å². The lowest BCUT2D eigenvalue weighted by Gasteiger charge is -2.30.